The molecule has 0 aromatic heterocycles. The van der Waals surface area contributed by atoms with Crippen LogP contribution in [0.15, 0.2) is 224 Å². The minimum Gasteiger partial charge on any atom is -0.399 e. The van der Waals surface area contributed by atoms with Crippen LogP contribution in [0.4, 0.5) is 0 Å². The van der Waals surface area contributed by atoms with Gasteiger partial charge in [-0.1, -0.05) is 206 Å². The van der Waals surface area contributed by atoms with Crippen molar-refractivity contribution in [3.63, 3.8) is 0 Å². The first-order chi connectivity index (χ1) is 39.6. The maximum absolute atomic E-state index is 6.20. The van der Waals surface area contributed by atoms with Crippen LogP contribution in [0.25, 0.3) is 87.2 Å². The molecule has 0 amide bonds. The monoisotopic (exact) mass is 1090 g/mol. The zero-order chi connectivity index (χ0) is 58.1. The van der Waals surface area contributed by atoms with Gasteiger partial charge in [-0.05, 0) is 205 Å². The first-order valence-corrected chi connectivity index (χ1v) is 29.2. The van der Waals surface area contributed by atoms with Crippen molar-refractivity contribution in [3.8, 4) is 33.4 Å². The maximum Gasteiger partial charge on any atom is 0.494 e. The highest BCUT2D eigenvalue weighted by atomic mass is 16.7. The van der Waals surface area contributed by atoms with E-state index in [1.54, 1.807) is 0 Å². The van der Waals surface area contributed by atoms with Crippen molar-refractivity contribution in [1.29, 1.82) is 0 Å². The zero-order valence-corrected chi connectivity index (χ0v) is 50.0. The lowest BCUT2D eigenvalue weighted by Gasteiger charge is -2.32. The van der Waals surface area contributed by atoms with E-state index in [-0.39, 0.29) is 55.0 Å². The number of hydrogen-bond acceptors (Lipinski definition) is 6. The third-order valence-electron chi connectivity index (χ3n) is 18.5. The molecule has 0 bridgehead atoms. The van der Waals surface area contributed by atoms with E-state index in [0.717, 1.165) is 16.4 Å². The highest BCUT2D eigenvalue weighted by Gasteiger charge is 2.53. The van der Waals surface area contributed by atoms with Crippen molar-refractivity contribution >= 4 is 91.6 Å². The normalized spacial score (nSPS) is 18.1. The lowest BCUT2D eigenvalue weighted by atomic mass is 9.78. The van der Waals surface area contributed by atoms with E-state index in [1.165, 1.54) is 87.2 Å². The molecule has 14 rings (SSSR count). The largest absolute Gasteiger partial charge is 0.494 e. The molecule has 11 aromatic rings. The van der Waals surface area contributed by atoms with Crippen LogP contribution in [-0.4, -0.2) is 55.0 Å². The molecule has 0 spiro atoms. The Balaban J connectivity index is 0.000000123. The fourth-order valence-corrected chi connectivity index (χ4v) is 11.3. The van der Waals surface area contributed by atoms with Gasteiger partial charge in [-0.2, -0.15) is 0 Å². The molecule has 3 fully saturated rings. The van der Waals surface area contributed by atoms with E-state index in [4.69, 9.17) is 27.9 Å². The smallest absolute Gasteiger partial charge is 0.399 e. The van der Waals surface area contributed by atoms with Crippen LogP contribution in [0, 0.1) is 0 Å². The number of fused-ring (bicyclic) bond motifs is 7. The molecule has 9 heteroatoms. The summed E-state index contributed by atoms with van der Waals surface area (Å²) in [6.07, 6.45) is 0. The number of rotatable bonds is 6. The summed E-state index contributed by atoms with van der Waals surface area (Å²) < 4.78 is 37.0. The van der Waals surface area contributed by atoms with Crippen LogP contribution in [0.3, 0.4) is 0 Å². The van der Waals surface area contributed by atoms with E-state index in [1.807, 2.05) is 0 Å². The Labute approximate surface area is 491 Å². The van der Waals surface area contributed by atoms with Gasteiger partial charge in [0.25, 0.3) is 0 Å². The summed E-state index contributed by atoms with van der Waals surface area (Å²) in [5.41, 5.74) is 8.53. The minimum absolute atomic E-state index is 0.310. The predicted octanol–water partition coefficient (Wildman–Crippen LogP) is 16.7. The number of hydrogen-bond donors (Lipinski definition) is 0. The van der Waals surface area contributed by atoms with Crippen LogP contribution >= 0.6 is 0 Å². The Morgan fingerprint density at radius 2 is 0.506 bits per heavy atom. The second kappa shape index (κ2) is 21.4. The third kappa shape index (κ3) is 10.8. The van der Waals surface area contributed by atoms with Gasteiger partial charge < -0.3 is 27.9 Å². The van der Waals surface area contributed by atoms with Gasteiger partial charge in [-0.25, -0.2) is 0 Å². The molecule has 11 aromatic carbocycles. The van der Waals surface area contributed by atoms with E-state index in [2.05, 4.69) is 308 Å². The van der Waals surface area contributed by atoms with E-state index < -0.39 is 0 Å². The summed E-state index contributed by atoms with van der Waals surface area (Å²) in [6.45, 7) is 25.0. The van der Waals surface area contributed by atoms with Gasteiger partial charge in [-0.15, -0.1) is 0 Å². The Kier molecular flexibility index (Phi) is 14.5. The first-order valence-electron chi connectivity index (χ1n) is 29.2. The highest BCUT2D eigenvalue weighted by molar-refractivity contribution is 6.63. The molecule has 0 radical (unpaired) electrons. The van der Waals surface area contributed by atoms with Crippen LogP contribution in [-0.2, 0) is 27.9 Å². The molecule has 0 aliphatic carbocycles. The minimum atomic E-state index is -0.331. The highest BCUT2D eigenvalue weighted by Crippen LogP contribution is 2.41. The van der Waals surface area contributed by atoms with Gasteiger partial charge in [0.1, 0.15) is 0 Å². The molecule has 3 heterocycles. The van der Waals surface area contributed by atoms with Gasteiger partial charge in [0.05, 0.1) is 33.6 Å². The molecule has 3 saturated heterocycles. The van der Waals surface area contributed by atoms with Crippen molar-refractivity contribution < 1.29 is 27.9 Å². The Bertz CT molecular complexity index is 4140. The Morgan fingerprint density at radius 1 is 0.217 bits per heavy atom. The van der Waals surface area contributed by atoms with Gasteiger partial charge in [-0.3, -0.25) is 0 Å². The molecule has 0 atom stereocenters. The predicted molar refractivity (Wildman–Crippen MR) is 350 cm³/mol. The lowest BCUT2D eigenvalue weighted by Crippen LogP contribution is -2.41. The lowest BCUT2D eigenvalue weighted by molar-refractivity contribution is 0.00578. The van der Waals surface area contributed by atoms with Crippen molar-refractivity contribution in [1.82, 2.24) is 0 Å². The van der Waals surface area contributed by atoms with Gasteiger partial charge in [0, 0.05) is 0 Å². The van der Waals surface area contributed by atoms with Crippen molar-refractivity contribution in [2.45, 2.75) is 117 Å². The fraction of sp³-hybridized carbons (Fsp3) is 0.243. The summed E-state index contributed by atoms with van der Waals surface area (Å²) in [4.78, 5) is 0. The maximum atomic E-state index is 6.20. The molecule has 0 unspecified atom stereocenters. The standard InChI is InChI=1S/2C26H25BO2.C22H23BO2/c1-25(2)26(3,4)29-27(28-25)20-15-13-18(14-16-20)24-17-19-9-5-6-10-21(19)22-11-7-8-12-23(22)24;1-25(2)26(3,4)29-27(28-25)22-14-11-18(12-15-22)20-13-16-24-21(17-20)10-9-19-7-5-6-8-23(19)24;1-21(2)22(3,4)25-23(24-21)20-13-11-17(12-14-20)19-10-9-16-7-5-6-8-18(16)15-19/h2*5-17H,1-4H3;5-15H,1-4H3. The van der Waals surface area contributed by atoms with E-state index in [0.29, 0.717) is 0 Å². The van der Waals surface area contributed by atoms with Crippen LogP contribution in [0.1, 0.15) is 83.1 Å². The number of benzene rings is 11. The molecule has 83 heavy (non-hydrogen) atoms. The fourth-order valence-electron chi connectivity index (χ4n) is 11.3. The summed E-state index contributed by atoms with van der Waals surface area (Å²) in [6, 6.07) is 79.8. The third-order valence-corrected chi connectivity index (χ3v) is 18.5. The SMILES string of the molecule is CC1(C)OB(c2ccc(-c3cc4ccccc4c4ccccc34)cc2)OC1(C)C.CC1(C)OB(c2ccc(-c3ccc4c(ccc5ccccc54)c3)cc2)OC1(C)C.CC1(C)OB(c2ccc(-c3ccc4ccccc4c3)cc2)OC1(C)C. The quantitative estimate of drug-likeness (QED) is 0.122. The van der Waals surface area contributed by atoms with Crippen molar-refractivity contribution in [2.75, 3.05) is 0 Å². The average Bonchev–Trinajstić information content (AvgIpc) is 4.24. The van der Waals surface area contributed by atoms with Crippen LogP contribution < -0.4 is 16.4 Å². The Morgan fingerprint density at radius 3 is 0.976 bits per heavy atom. The Hall–Kier alpha value is -7.33. The summed E-state index contributed by atoms with van der Waals surface area (Å²) in [5.74, 6) is 0. The van der Waals surface area contributed by atoms with Crippen molar-refractivity contribution in [3.05, 3.63) is 224 Å². The van der Waals surface area contributed by atoms with Crippen molar-refractivity contribution in [2.24, 2.45) is 0 Å². The summed E-state index contributed by atoms with van der Waals surface area (Å²) in [5, 5.41) is 12.8. The second-order valence-electron chi connectivity index (χ2n) is 25.6. The molecule has 3 aliphatic heterocycles. The summed E-state index contributed by atoms with van der Waals surface area (Å²) >= 11 is 0. The van der Waals surface area contributed by atoms with Gasteiger partial charge in [0.2, 0.25) is 0 Å². The molecule has 6 nitrogen and oxygen atoms in total. The molecule has 0 N–H and O–H groups in total. The van der Waals surface area contributed by atoms with Gasteiger partial charge in [0.15, 0.2) is 0 Å². The van der Waals surface area contributed by atoms with Gasteiger partial charge >= 0.3 is 21.4 Å². The summed E-state index contributed by atoms with van der Waals surface area (Å²) in [7, 11) is -0.963. The van der Waals surface area contributed by atoms with E-state index >= 15 is 0 Å². The second-order valence-corrected chi connectivity index (χ2v) is 25.6. The molecule has 3 aliphatic rings. The zero-order valence-electron chi connectivity index (χ0n) is 50.0. The molecule has 0 saturated carbocycles. The van der Waals surface area contributed by atoms with Crippen LogP contribution in [0.5, 0.6) is 0 Å². The average molecular weight is 1090 g/mol. The molecular formula is C74H73B3O6. The molecular weight excluding hydrogens is 1020 g/mol. The van der Waals surface area contributed by atoms with Crippen LogP contribution in [0.2, 0.25) is 0 Å². The first kappa shape index (κ1) is 56.2. The topological polar surface area (TPSA) is 55.4 Å². The van der Waals surface area contributed by atoms with E-state index in [9.17, 15) is 0 Å². The molecule has 414 valence electrons.